The first-order valence-electron chi connectivity index (χ1n) is 10.8. The van der Waals surface area contributed by atoms with Crippen molar-refractivity contribution in [1.29, 1.82) is 0 Å². The SMILES string of the molecule is CC1(Sc2nnc(SC3(C)CCC4CC3C4(C)C)s2)CCC2CC1C2(C)C. The van der Waals surface area contributed by atoms with Crippen LogP contribution in [0.1, 0.15) is 80.1 Å². The quantitative estimate of drug-likeness (QED) is 0.514. The number of fused-ring (bicyclic) bond motifs is 4. The number of hydrogen-bond donors (Lipinski definition) is 0. The van der Waals surface area contributed by atoms with Crippen molar-refractivity contribution >= 4 is 34.9 Å². The van der Waals surface area contributed by atoms with Gasteiger partial charge in [0.15, 0.2) is 8.68 Å². The lowest BCUT2D eigenvalue weighted by Crippen LogP contribution is -2.58. The van der Waals surface area contributed by atoms with Crippen LogP contribution in [0.3, 0.4) is 0 Å². The Morgan fingerprint density at radius 1 is 0.741 bits per heavy atom. The first-order chi connectivity index (χ1) is 12.5. The molecular formula is C22H34N2S3. The standard InChI is InChI=1S/C22H34N2S3/c1-19(2)13-7-9-21(5,15(19)11-13)26-17-23-24-18(25-17)27-22(6)10-8-14-12-16(22)20(14,3)4/h13-16H,7-12H2,1-6H3. The third kappa shape index (κ3) is 2.73. The summed E-state index contributed by atoms with van der Waals surface area (Å²) in [5.41, 5.74) is 1.04. The van der Waals surface area contributed by atoms with E-state index in [9.17, 15) is 0 Å². The molecule has 150 valence electrons. The zero-order valence-corrected chi connectivity index (χ0v) is 20.1. The number of aromatic nitrogens is 2. The molecule has 4 bridgehead atoms. The van der Waals surface area contributed by atoms with E-state index in [0.717, 1.165) is 23.7 Å². The number of thioether (sulfide) groups is 2. The molecular weight excluding hydrogens is 388 g/mol. The molecule has 0 amide bonds. The van der Waals surface area contributed by atoms with Gasteiger partial charge in [-0.15, -0.1) is 10.2 Å². The summed E-state index contributed by atoms with van der Waals surface area (Å²) in [6.07, 6.45) is 8.31. The second-order valence-electron chi connectivity index (χ2n) is 11.4. The number of hydrogen-bond acceptors (Lipinski definition) is 5. The highest BCUT2D eigenvalue weighted by Gasteiger charge is 2.61. The third-order valence-corrected chi connectivity index (χ3v) is 13.4. The van der Waals surface area contributed by atoms with Gasteiger partial charge in [-0.05, 0) is 86.9 Å². The van der Waals surface area contributed by atoms with Crippen LogP contribution in [-0.2, 0) is 0 Å². The molecule has 0 radical (unpaired) electrons. The Kier molecular flexibility index (Phi) is 4.21. The van der Waals surface area contributed by atoms with Crippen molar-refractivity contribution in [1.82, 2.24) is 10.2 Å². The van der Waals surface area contributed by atoms with Gasteiger partial charge in [-0.3, -0.25) is 0 Å². The Bertz CT molecular complexity index is 692. The molecule has 7 rings (SSSR count). The molecule has 6 atom stereocenters. The largest absolute Gasteiger partial charge is 0.175 e. The maximum Gasteiger partial charge on any atom is 0.175 e. The van der Waals surface area contributed by atoms with E-state index >= 15 is 0 Å². The fourth-order valence-electron chi connectivity index (χ4n) is 7.28. The van der Waals surface area contributed by atoms with Gasteiger partial charge in [0.1, 0.15) is 0 Å². The Hall–Kier alpha value is 0.260. The van der Waals surface area contributed by atoms with Crippen LogP contribution in [0.15, 0.2) is 8.68 Å². The maximum absolute atomic E-state index is 4.64. The van der Waals surface area contributed by atoms with E-state index in [4.69, 9.17) is 0 Å². The summed E-state index contributed by atoms with van der Waals surface area (Å²) in [7, 11) is 0. The van der Waals surface area contributed by atoms with E-state index in [1.165, 1.54) is 47.2 Å². The van der Waals surface area contributed by atoms with Crippen molar-refractivity contribution < 1.29 is 0 Å². The normalized spacial score (nSPS) is 46.4. The predicted octanol–water partition coefficient (Wildman–Crippen LogP) is 7.15. The molecule has 1 aromatic rings. The monoisotopic (exact) mass is 422 g/mol. The van der Waals surface area contributed by atoms with Crippen molar-refractivity contribution in [3.8, 4) is 0 Å². The molecule has 1 heterocycles. The fourth-order valence-corrected chi connectivity index (χ4v) is 12.2. The van der Waals surface area contributed by atoms with E-state index in [-0.39, 0.29) is 0 Å². The number of nitrogens with zero attached hydrogens (tertiary/aromatic N) is 2. The van der Waals surface area contributed by atoms with Gasteiger partial charge in [0.2, 0.25) is 0 Å². The van der Waals surface area contributed by atoms with Crippen molar-refractivity contribution in [2.45, 2.75) is 98.2 Å². The second-order valence-corrected chi connectivity index (χ2v) is 15.9. The molecule has 1 aromatic heterocycles. The lowest BCUT2D eigenvalue weighted by atomic mass is 9.45. The molecule has 0 spiro atoms. The number of rotatable bonds is 4. The van der Waals surface area contributed by atoms with Crippen LogP contribution < -0.4 is 0 Å². The average molecular weight is 423 g/mol. The Morgan fingerprint density at radius 2 is 1.15 bits per heavy atom. The lowest BCUT2D eigenvalue weighted by Gasteiger charge is -2.64. The molecule has 6 aliphatic carbocycles. The summed E-state index contributed by atoms with van der Waals surface area (Å²) in [4.78, 5) is 0. The smallest absolute Gasteiger partial charge is 0.131 e. The van der Waals surface area contributed by atoms with Crippen LogP contribution >= 0.6 is 34.9 Å². The highest BCUT2D eigenvalue weighted by Crippen LogP contribution is 2.68. The minimum atomic E-state index is 0.345. The molecule has 0 aliphatic heterocycles. The molecule has 6 aliphatic rings. The van der Waals surface area contributed by atoms with Crippen LogP contribution in [0.25, 0.3) is 0 Å². The first-order valence-corrected chi connectivity index (χ1v) is 13.2. The highest BCUT2D eigenvalue weighted by molar-refractivity contribution is 8.04. The van der Waals surface area contributed by atoms with E-state index in [1.54, 1.807) is 0 Å². The summed E-state index contributed by atoms with van der Waals surface area (Å²) in [5.74, 6) is 3.57. The van der Waals surface area contributed by atoms with Gasteiger partial charge in [-0.2, -0.15) is 0 Å². The van der Waals surface area contributed by atoms with E-state index in [1.807, 2.05) is 34.9 Å². The summed E-state index contributed by atoms with van der Waals surface area (Å²) >= 11 is 5.94. The van der Waals surface area contributed by atoms with Crippen LogP contribution in [0.2, 0.25) is 0 Å². The average Bonchev–Trinajstić information content (AvgIpc) is 2.99. The Labute approximate surface area is 177 Å². The molecule has 0 saturated heterocycles. The summed E-state index contributed by atoms with van der Waals surface area (Å²) in [6, 6.07) is 0. The maximum atomic E-state index is 4.64. The summed E-state index contributed by atoms with van der Waals surface area (Å²) in [6.45, 7) is 14.9. The minimum absolute atomic E-state index is 0.345. The van der Waals surface area contributed by atoms with Crippen molar-refractivity contribution in [2.75, 3.05) is 0 Å². The molecule has 6 fully saturated rings. The van der Waals surface area contributed by atoms with Gasteiger partial charge in [0.25, 0.3) is 0 Å². The van der Waals surface area contributed by atoms with Crippen LogP contribution in [0.5, 0.6) is 0 Å². The molecule has 6 saturated carbocycles. The predicted molar refractivity (Wildman–Crippen MR) is 118 cm³/mol. The zero-order valence-electron chi connectivity index (χ0n) is 17.7. The van der Waals surface area contributed by atoms with Crippen molar-refractivity contribution in [3.63, 3.8) is 0 Å². The van der Waals surface area contributed by atoms with Crippen molar-refractivity contribution in [2.24, 2.45) is 34.5 Å². The van der Waals surface area contributed by atoms with Gasteiger partial charge in [-0.25, -0.2) is 0 Å². The second kappa shape index (κ2) is 5.91. The van der Waals surface area contributed by atoms with Gasteiger partial charge in [0.05, 0.1) is 0 Å². The molecule has 0 aromatic carbocycles. The summed E-state index contributed by atoms with van der Waals surface area (Å²) in [5, 5.41) is 9.27. The lowest BCUT2D eigenvalue weighted by molar-refractivity contribution is -0.0852. The molecule has 6 unspecified atom stereocenters. The highest BCUT2D eigenvalue weighted by atomic mass is 32.2. The van der Waals surface area contributed by atoms with E-state index in [2.05, 4.69) is 51.7 Å². The molecule has 5 heteroatoms. The van der Waals surface area contributed by atoms with Gasteiger partial charge >= 0.3 is 0 Å². The van der Waals surface area contributed by atoms with Gasteiger partial charge in [0, 0.05) is 9.49 Å². The summed E-state index contributed by atoms with van der Waals surface area (Å²) < 4.78 is 3.09. The third-order valence-electron chi connectivity index (χ3n) is 9.42. The van der Waals surface area contributed by atoms with Crippen LogP contribution in [-0.4, -0.2) is 19.7 Å². The fraction of sp³-hybridized carbons (Fsp3) is 0.909. The Morgan fingerprint density at radius 3 is 1.48 bits per heavy atom. The van der Waals surface area contributed by atoms with Crippen LogP contribution in [0.4, 0.5) is 0 Å². The molecule has 0 N–H and O–H groups in total. The molecule has 2 nitrogen and oxygen atoms in total. The van der Waals surface area contributed by atoms with Crippen LogP contribution in [0, 0.1) is 34.5 Å². The first kappa shape index (κ1) is 19.2. The topological polar surface area (TPSA) is 25.8 Å². The van der Waals surface area contributed by atoms with Crippen molar-refractivity contribution in [3.05, 3.63) is 0 Å². The van der Waals surface area contributed by atoms with Gasteiger partial charge in [-0.1, -0.05) is 62.6 Å². The Balaban J connectivity index is 1.30. The minimum Gasteiger partial charge on any atom is -0.131 e. The zero-order chi connectivity index (χ0) is 19.2. The molecule has 27 heavy (non-hydrogen) atoms. The van der Waals surface area contributed by atoms with E-state index < -0.39 is 0 Å². The van der Waals surface area contributed by atoms with E-state index in [0.29, 0.717) is 20.3 Å². The van der Waals surface area contributed by atoms with Gasteiger partial charge < -0.3 is 0 Å².